The molecule has 4 rings (SSSR count). The second-order valence-electron chi connectivity index (χ2n) is 7.54. The molecule has 164 valence electrons. The molecular weight excluding hydrogens is 430 g/mol. The zero-order chi connectivity index (χ0) is 22.1. The van der Waals surface area contributed by atoms with Crippen molar-refractivity contribution >= 4 is 40.8 Å². The van der Waals surface area contributed by atoms with Crippen molar-refractivity contribution in [3.8, 4) is 0 Å². The average Bonchev–Trinajstić information content (AvgIpc) is 3.50. The molecular formula is C24H29BCl2N2O2. The van der Waals surface area contributed by atoms with Crippen LogP contribution < -0.4 is 10.9 Å². The lowest BCUT2D eigenvalue weighted by molar-refractivity contribution is -0.0884. The Bertz CT molecular complexity index is 872. The van der Waals surface area contributed by atoms with Crippen molar-refractivity contribution in [2.24, 2.45) is 5.92 Å². The molecule has 2 aromatic carbocycles. The quantitative estimate of drug-likeness (QED) is 0.472. The molecule has 2 heterocycles. The van der Waals surface area contributed by atoms with Crippen LogP contribution in [0.1, 0.15) is 20.3 Å². The first-order valence-electron chi connectivity index (χ1n) is 10.8. The number of aromatic nitrogens is 2. The molecule has 0 N–H and O–H groups in total. The molecule has 1 saturated heterocycles. The third-order valence-electron chi connectivity index (χ3n) is 5.53. The van der Waals surface area contributed by atoms with Crippen molar-refractivity contribution in [3.63, 3.8) is 0 Å². The van der Waals surface area contributed by atoms with E-state index in [-0.39, 0.29) is 13.0 Å². The lowest BCUT2D eigenvalue weighted by atomic mass is 9.39. The SMILES string of the molecule is CCB(c1ccccc1Cl)c1ccccc1Cl.CCC(Cn1ccnc1)C1OCCO1. The van der Waals surface area contributed by atoms with Gasteiger partial charge in [-0.1, -0.05) is 90.7 Å². The summed E-state index contributed by atoms with van der Waals surface area (Å²) in [5, 5.41) is 1.61. The highest BCUT2D eigenvalue weighted by Gasteiger charge is 2.25. The maximum atomic E-state index is 6.26. The minimum atomic E-state index is -0.0256. The first-order valence-corrected chi connectivity index (χ1v) is 11.6. The third-order valence-corrected chi connectivity index (χ3v) is 6.22. The van der Waals surface area contributed by atoms with Gasteiger partial charge in [0.15, 0.2) is 6.29 Å². The van der Waals surface area contributed by atoms with Crippen LogP contribution in [-0.2, 0) is 16.0 Å². The average molecular weight is 459 g/mol. The van der Waals surface area contributed by atoms with Gasteiger partial charge in [-0.3, -0.25) is 0 Å². The summed E-state index contributed by atoms with van der Waals surface area (Å²) in [7, 11) is 0. The van der Waals surface area contributed by atoms with Gasteiger partial charge in [-0.05, 0) is 18.6 Å². The fraction of sp³-hybridized carbons (Fsp3) is 0.375. The molecule has 3 aromatic rings. The smallest absolute Gasteiger partial charge is 0.212 e. The number of hydrogen-bond donors (Lipinski definition) is 0. The molecule has 1 unspecified atom stereocenters. The van der Waals surface area contributed by atoms with E-state index < -0.39 is 0 Å². The van der Waals surface area contributed by atoms with Crippen molar-refractivity contribution in [3.05, 3.63) is 77.3 Å². The van der Waals surface area contributed by atoms with E-state index in [1.165, 1.54) is 0 Å². The summed E-state index contributed by atoms with van der Waals surface area (Å²) in [6, 6.07) is 15.9. The Morgan fingerprint density at radius 1 is 1.00 bits per heavy atom. The second kappa shape index (κ2) is 12.3. The zero-order valence-electron chi connectivity index (χ0n) is 18.1. The number of hydrogen-bond acceptors (Lipinski definition) is 3. The monoisotopic (exact) mass is 458 g/mol. The molecule has 4 nitrogen and oxygen atoms in total. The molecule has 1 fully saturated rings. The Morgan fingerprint density at radius 3 is 2.03 bits per heavy atom. The van der Waals surface area contributed by atoms with Crippen LogP contribution in [0.5, 0.6) is 0 Å². The van der Waals surface area contributed by atoms with E-state index in [9.17, 15) is 0 Å². The van der Waals surface area contributed by atoms with Crippen LogP contribution >= 0.6 is 23.2 Å². The minimum absolute atomic E-state index is 0.0256. The summed E-state index contributed by atoms with van der Waals surface area (Å²) in [4.78, 5) is 4.02. The van der Waals surface area contributed by atoms with Gasteiger partial charge >= 0.3 is 0 Å². The predicted molar refractivity (Wildman–Crippen MR) is 130 cm³/mol. The number of benzene rings is 2. The van der Waals surface area contributed by atoms with E-state index in [1.54, 1.807) is 6.20 Å². The lowest BCUT2D eigenvalue weighted by Gasteiger charge is -2.20. The van der Waals surface area contributed by atoms with Gasteiger partial charge in [-0.25, -0.2) is 4.98 Å². The fourth-order valence-corrected chi connectivity index (χ4v) is 4.38. The van der Waals surface area contributed by atoms with Crippen LogP contribution in [0.3, 0.4) is 0 Å². The molecule has 1 atom stereocenters. The molecule has 0 spiro atoms. The summed E-state index contributed by atoms with van der Waals surface area (Å²) in [5.74, 6) is 0.423. The van der Waals surface area contributed by atoms with Crippen molar-refractivity contribution in [1.82, 2.24) is 9.55 Å². The second-order valence-corrected chi connectivity index (χ2v) is 8.36. The molecule has 0 bridgehead atoms. The third kappa shape index (κ3) is 6.60. The molecule has 0 saturated carbocycles. The molecule has 0 radical (unpaired) electrons. The lowest BCUT2D eigenvalue weighted by Crippen LogP contribution is -2.42. The van der Waals surface area contributed by atoms with E-state index in [0.29, 0.717) is 5.92 Å². The van der Waals surface area contributed by atoms with Crippen molar-refractivity contribution in [2.75, 3.05) is 13.2 Å². The summed E-state index contributed by atoms with van der Waals surface area (Å²) in [6.45, 7) is 6.94. The normalized spacial score (nSPS) is 14.7. The Hall–Kier alpha value is -1.79. The maximum Gasteiger partial charge on any atom is 0.212 e. The zero-order valence-corrected chi connectivity index (χ0v) is 19.6. The van der Waals surface area contributed by atoms with Crippen molar-refractivity contribution in [2.45, 2.75) is 39.4 Å². The summed E-state index contributed by atoms with van der Waals surface area (Å²) in [5.41, 5.74) is 2.29. The maximum absolute atomic E-state index is 6.26. The number of halogens is 2. The number of rotatable bonds is 7. The van der Waals surface area contributed by atoms with Gasteiger partial charge in [0.25, 0.3) is 0 Å². The highest BCUT2D eigenvalue weighted by Crippen LogP contribution is 2.19. The molecule has 1 aromatic heterocycles. The fourth-order valence-electron chi connectivity index (χ4n) is 3.84. The Labute approximate surface area is 195 Å². The predicted octanol–water partition coefficient (Wildman–Crippen LogP) is 4.90. The van der Waals surface area contributed by atoms with E-state index in [1.807, 2.05) is 48.9 Å². The van der Waals surface area contributed by atoms with Crippen LogP contribution in [-0.4, -0.2) is 35.8 Å². The summed E-state index contributed by atoms with van der Waals surface area (Å²) >= 11 is 12.5. The van der Waals surface area contributed by atoms with E-state index in [4.69, 9.17) is 32.7 Å². The van der Waals surface area contributed by atoms with Gasteiger partial charge in [0.1, 0.15) is 0 Å². The Morgan fingerprint density at radius 2 is 1.58 bits per heavy atom. The first-order chi connectivity index (χ1) is 15.1. The van der Waals surface area contributed by atoms with Crippen LogP contribution in [0.2, 0.25) is 16.4 Å². The van der Waals surface area contributed by atoms with Crippen LogP contribution in [0.15, 0.2) is 67.3 Å². The van der Waals surface area contributed by atoms with Gasteiger partial charge in [0, 0.05) is 34.9 Å². The van der Waals surface area contributed by atoms with Gasteiger partial charge in [0.05, 0.1) is 19.5 Å². The van der Waals surface area contributed by atoms with Crippen molar-refractivity contribution in [1.29, 1.82) is 0 Å². The molecule has 7 heteroatoms. The summed E-state index contributed by atoms with van der Waals surface area (Å²) in [6.07, 6.45) is 7.61. The molecule has 0 amide bonds. The van der Waals surface area contributed by atoms with E-state index in [2.05, 4.69) is 35.5 Å². The summed E-state index contributed by atoms with van der Waals surface area (Å²) < 4.78 is 13.1. The molecule has 31 heavy (non-hydrogen) atoms. The van der Waals surface area contributed by atoms with Gasteiger partial charge in [0.2, 0.25) is 6.71 Å². The standard InChI is InChI=1S/C14H13BCl2.C10H16N2O2/c1-2-15(11-7-3-5-9-13(11)16)12-8-4-6-10-14(12)17;1-2-9(10-13-5-6-14-10)7-12-4-3-11-8-12/h3-10H,2H2,1H3;3-4,8-10H,2,5-7H2,1H3. The Balaban J connectivity index is 0.000000179. The van der Waals surface area contributed by atoms with Crippen LogP contribution in [0, 0.1) is 5.92 Å². The van der Waals surface area contributed by atoms with Crippen LogP contribution in [0.4, 0.5) is 0 Å². The largest absolute Gasteiger partial charge is 0.350 e. The first kappa shape index (κ1) is 23.9. The Kier molecular flexibility index (Phi) is 9.47. The highest BCUT2D eigenvalue weighted by atomic mass is 35.5. The molecule has 0 aliphatic carbocycles. The van der Waals surface area contributed by atoms with Crippen LogP contribution in [0.25, 0.3) is 0 Å². The number of imidazole rings is 1. The molecule has 1 aliphatic heterocycles. The number of nitrogens with zero attached hydrogens (tertiary/aromatic N) is 2. The topological polar surface area (TPSA) is 36.3 Å². The van der Waals surface area contributed by atoms with Gasteiger partial charge in [-0.15, -0.1) is 0 Å². The van der Waals surface area contributed by atoms with E-state index >= 15 is 0 Å². The minimum Gasteiger partial charge on any atom is -0.350 e. The molecule has 1 aliphatic rings. The highest BCUT2D eigenvalue weighted by molar-refractivity contribution is 6.88. The van der Waals surface area contributed by atoms with E-state index in [0.717, 1.165) is 53.5 Å². The van der Waals surface area contributed by atoms with Gasteiger partial charge < -0.3 is 14.0 Å². The number of ether oxygens (including phenoxy) is 2. The van der Waals surface area contributed by atoms with Crippen molar-refractivity contribution < 1.29 is 9.47 Å². The van der Waals surface area contributed by atoms with Gasteiger partial charge in [-0.2, -0.15) is 0 Å².